The zero-order valence-electron chi connectivity index (χ0n) is 21.8. The summed E-state index contributed by atoms with van der Waals surface area (Å²) >= 11 is 17.7. The fourth-order valence-electron chi connectivity index (χ4n) is 3.57. The second-order valence-electron chi connectivity index (χ2n) is 8.70. The Bertz CT molecular complexity index is 1710. The number of amides is 2. The van der Waals surface area contributed by atoms with E-state index in [9.17, 15) is 29.9 Å². The number of phenols is 1. The van der Waals surface area contributed by atoms with Crippen molar-refractivity contribution in [2.24, 2.45) is 0 Å². The third-order valence-corrected chi connectivity index (χ3v) is 6.50. The number of halogens is 3. The maximum atomic E-state index is 12.3. The Morgan fingerprint density at radius 3 is 1.93 bits per heavy atom. The van der Waals surface area contributed by atoms with E-state index in [1.165, 1.54) is 24.3 Å². The van der Waals surface area contributed by atoms with Crippen LogP contribution < -0.4 is 16.4 Å². The number of hydrogen-bond donors (Lipinski definition) is 5. The van der Waals surface area contributed by atoms with E-state index in [-0.39, 0.29) is 49.6 Å². The van der Waals surface area contributed by atoms with Gasteiger partial charge in [0.25, 0.3) is 17.5 Å². The van der Waals surface area contributed by atoms with Gasteiger partial charge >= 0.3 is 0 Å². The Balaban J connectivity index is 0.000000231. The van der Waals surface area contributed by atoms with Crippen molar-refractivity contribution >= 4 is 75.1 Å². The number of hydrogen-bond acceptors (Lipinski definition) is 7. The quantitative estimate of drug-likeness (QED) is 0.0625. The highest BCUT2D eigenvalue weighted by Crippen LogP contribution is 2.31. The lowest BCUT2D eigenvalue weighted by Crippen LogP contribution is -2.14. The summed E-state index contributed by atoms with van der Waals surface area (Å²) in [7, 11) is 0. The molecule has 42 heavy (non-hydrogen) atoms. The van der Waals surface area contributed by atoms with E-state index in [2.05, 4.69) is 17.2 Å². The Kier molecular flexibility index (Phi) is 10.4. The number of carbonyl (C=O) groups excluding carboxylic acids is 2. The van der Waals surface area contributed by atoms with Crippen LogP contribution in [0.5, 0.6) is 5.75 Å². The van der Waals surface area contributed by atoms with Crippen LogP contribution in [0, 0.1) is 17.0 Å². The van der Waals surface area contributed by atoms with Gasteiger partial charge in [-0.05, 0) is 55.0 Å². The highest BCUT2D eigenvalue weighted by molar-refractivity contribution is 6.35. The van der Waals surface area contributed by atoms with Crippen LogP contribution in [0.15, 0.2) is 79.4 Å². The molecule has 0 unspecified atom stereocenters. The number of benzene rings is 4. The number of nitrogens with two attached hydrogens (primary N) is 1. The Morgan fingerprint density at radius 1 is 0.833 bits per heavy atom. The molecule has 0 saturated heterocycles. The van der Waals surface area contributed by atoms with Gasteiger partial charge in [-0.15, -0.1) is 0 Å². The van der Waals surface area contributed by atoms with Gasteiger partial charge in [-0.25, -0.2) is 0 Å². The Hall–Kier alpha value is -4.77. The maximum Gasteiger partial charge on any atom is 0.271 e. The molecule has 0 aliphatic carbocycles. The topological polar surface area (TPSA) is 168 Å². The normalized spacial score (nSPS) is 10.2. The zero-order valence-corrected chi connectivity index (χ0v) is 24.1. The van der Waals surface area contributed by atoms with Gasteiger partial charge in [0.15, 0.2) is 0 Å². The van der Waals surface area contributed by atoms with Crippen molar-refractivity contribution in [2.45, 2.75) is 6.92 Å². The monoisotopic (exact) mass is 628 g/mol. The number of carbonyl (C=O) groups is 2. The van der Waals surface area contributed by atoms with Gasteiger partial charge in [-0.2, -0.15) is 0 Å². The standard InChI is InChI=1S/C15H11ClN2O4.C14H12Cl2N2O2/c1-9(19)11-4-2-3-5-12(11)15(20)17-14-7-6-10(18(21)22)8-13(14)16;1-7-4-9(13(19)11(16)5-7)14(20)18-12-3-2-8(17)6-10(12)15/h2-8,19H,1H2,(H,17,20);2-6,19H,17H2,1H3,(H,18,20). The SMILES string of the molecule is C=C(O)c1ccccc1C(=O)Nc1ccc([N+](=O)[O-])cc1Cl.Cc1cc(Cl)c(O)c(C(=O)Nc2ccc(N)cc2Cl)c1. The van der Waals surface area contributed by atoms with Crippen molar-refractivity contribution in [3.63, 3.8) is 0 Å². The van der Waals surface area contributed by atoms with Crippen LogP contribution in [-0.2, 0) is 0 Å². The number of nitro groups is 1. The van der Waals surface area contributed by atoms with Crippen LogP contribution in [0.1, 0.15) is 31.8 Å². The molecule has 0 saturated carbocycles. The largest absolute Gasteiger partial charge is 0.508 e. The molecule has 0 aliphatic rings. The molecular formula is C29H23Cl3N4O6. The molecule has 6 N–H and O–H groups in total. The third kappa shape index (κ3) is 7.91. The predicted octanol–water partition coefficient (Wildman–Crippen LogP) is 7.87. The summed E-state index contributed by atoms with van der Waals surface area (Å²) in [5, 5.41) is 35.6. The lowest BCUT2D eigenvalue weighted by molar-refractivity contribution is -0.384. The van der Waals surface area contributed by atoms with E-state index in [0.717, 1.165) is 11.6 Å². The van der Waals surface area contributed by atoms with E-state index in [4.69, 9.17) is 40.5 Å². The lowest BCUT2D eigenvalue weighted by Gasteiger charge is -2.10. The minimum atomic E-state index is -0.581. The number of aliphatic hydroxyl groups excluding tert-OH is 1. The number of aliphatic hydroxyl groups is 1. The van der Waals surface area contributed by atoms with Crippen molar-refractivity contribution in [1.29, 1.82) is 0 Å². The van der Waals surface area contributed by atoms with Crippen molar-refractivity contribution in [3.8, 4) is 5.75 Å². The number of phenolic OH excluding ortho intramolecular Hbond substituents is 1. The summed E-state index contributed by atoms with van der Waals surface area (Å²) < 4.78 is 0. The van der Waals surface area contributed by atoms with Crippen LogP contribution in [0.3, 0.4) is 0 Å². The average Bonchev–Trinajstić information content (AvgIpc) is 2.93. The van der Waals surface area contributed by atoms with Crippen LogP contribution in [-0.4, -0.2) is 27.0 Å². The minimum absolute atomic E-state index is 0.0443. The number of nitrogen functional groups attached to an aromatic ring is 1. The molecule has 4 aromatic rings. The van der Waals surface area contributed by atoms with E-state index >= 15 is 0 Å². The third-order valence-electron chi connectivity index (χ3n) is 5.59. The average molecular weight is 630 g/mol. The van der Waals surface area contributed by atoms with E-state index < -0.39 is 16.7 Å². The van der Waals surface area contributed by atoms with E-state index in [1.807, 2.05) is 0 Å². The number of nitro benzene ring substituents is 1. The van der Waals surface area contributed by atoms with Gasteiger partial charge in [0.1, 0.15) is 11.5 Å². The summed E-state index contributed by atoms with van der Waals surface area (Å²) in [6.45, 7) is 5.17. The molecule has 0 aromatic heterocycles. The number of aryl methyl sites for hydroxylation is 1. The smallest absolute Gasteiger partial charge is 0.271 e. The maximum absolute atomic E-state index is 12.3. The fourth-order valence-corrected chi connectivity index (χ4v) is 4.30. The molecule has 0 heterocycles. The van der Waals surface area contributed by atoms with Crippen molar-refractivity contribution < 1.29 is 24.7 Å². The molecule has 13 heteroatoms. The highest BCUT2D eigenvalue weighted by Gasteiger charge is 2.17. The first-order valence-corrected chi connectivity index (χ1v) is 13.0. The van der Waals surface area contributed by atoms with E-state index in [1.54, 1.807) is 49.4 Å². The molecule has 0 fully saturated rings. The molecule has 0 aliphatic heterocycles. The van der Waals surface area contributed by atoms with Crippen molar-refractivity contribution in [2.75, 3.05) is 16.4 Å². The van der Waals surface area contributed by atoms with E-state index in [0.29, 0.717) is 16.4 Å². The molecule has 216 valence electrons. The second kappa shape index (κ2) is 13.7. The molecule has 0 bridgehead atoms. The van der Waals surface area contributed by atoms with Crippen molar-refractivity contribution in [3.05, 3.63) is 127 Å². The summed E-state index contributed by atoms with van der Waals surface area (Å²) in [6, 6.07) is 17.9. The number of non-ortho nitro benzene ring substituents is 1. The summed E-state index contributed by atoms with van der Waals surface area (Å²) in [4.78, 5) is 34.5. The van der Waals surface area contributed by atoms with Crippen LogP contribution in [0.2, 0.25) is 15.1 Å². The number of anilines is 3. The predicted molar refractivity (Wildman–Crippen MR) is 166 cm³/mol. The molecule has 0 radical (unpaired) electrons. The fraction of sp³-hybridized carbons (Fsp3) is 0.0345. The first kappa shape index (κ1) is 31.8. The van der Waals surface area contributed by atoms with Gasteiger partial charge in [-0.3, -0.25) is 19.7 Å². The number of nitrogens with zero attached hydrogens (tertiary/aromatic N) is 1. The van der Waals surface area contributed by atoms with Gasteiger partial charge in [0, 0.05) is 23.4 Å². The molecular weight excluding hydrogens is 607 g/mol. The van der Waals surface area contributed by atoms with Crippen LogP contribution >= 0.6 is 34.8 Å². The number of rotatable bonds is 6. The molecule has 2 amide bonds. The highest BCUT2D eigenvalue weighted by atomic mass is 35.5. The summed E-state index contributed by atoms with van der Waals surface area (Å²) in [5.41, 5.74) is 7.89. The first-order chi connectivity index (χ1) is 19.8. The van der Waals surface area contributed by atoms with Crippen LogP contribution in [0.4, 0.5) is 22.7 Å². The van der Waals surface area contributed by atoms with Gasteiger partial charge in [0.05, 0.1) is 42.5 Å². The molecule has 4 aromatic carbocycles. The van der Waals surface area contributed by atoms with Crippen molar-refractivity contribution in [1.82, 2.24) is 0 Å². The van der Waals surface area contributed by atoms with Crippen LogP contribution in [0.25, 0.3) is 5.76 Å². The van der Waals surface area contributed by atoms with Gasteiger partial charge in [-0.1, -0.05) is 59.6 Å². The van der Waals surface area contributed by atoms with Gasteiger partial charge in [0.2, 0.25) is 0 Å². The summed E-state index contributed by atoms with van der Waals surface area (Å²) in [5.74, 6) is -1.51. The first-order valence-electron chi connectivity index (χ1n) is 11.9. The number of aromatic hydroxyl groups is 1. The minimum Gasteiger partial charge on any atom is -0.508 e. The number of nitrogens with one attached hydrogen (secondary N) is 2. The molecule has 10 nitrogen and oxygen atoms in total. The summed E-state index contributed by atoms with van der Waals surface area (Å²) in [6.07, 6.45) is 0. The second-order valence-corrected chi connectivity index (χ2v) is 9.93. The molecule has 0 atom stereocenters. The zero-order chi connectivity index (χ0) is 31.1. The lowest BCUT2D eigenvalue weighted by atomic mass is 10.1. The van der Waals surface area contributed by atoms with Gasteiger partial charge < -0.3 is 26.6 Å². The molecule has 0 spiro atoms. The Labute approximate surface area is 255 Å². The Morgan fingerprint density at radius 2 is 1.38 bits per heavy atom. The molecule has 4 rings (SSSR count).